The summed E-state index contributed by atoms with van der Waals surface area (Å²) in [7, 11) is 0. The molecule has 1 aliphatic rings. The average Bonchev–Trinajstić information content (AvgIpc) is 2.30. The molecule has 0 atom stereocenters. The van der Waals surface area contributed by atoms with Crippen LogP contribution in [0.2, 0.25) is 0 Å². The fourth-order valence-electron chi connectivity index (χ4n) is 1.70. The van der Waals surface area contributed by atoms with Crippen molar-refractivity contribution in [3.63, 3.8) is 0 Å². The van der Waals surface area contributed by atoms with E-state index in [0.29, 0.717) is 5.88 Å². The Morgan fingerprint density at radius 3 is 2.88 bits per heavy atom. The summed E-state index contributed by atoms with van der Waals surface area (Å²) in [5.41, 5.74) is 5.39. The Bertz CT molecular complexity index is 375. The van der Waals surface area contributed by atoms with Crippen LogP contribution in [0.5, 0.6) is 5.88 Å². The quantitative estimate of drug-likeness (QED) is 0.770. The molecule has 5 nitrogen and oxygen atoms in total. The molecule has 1 saturated heterocycles. The number of amides is 1. The van der Waals surface area contributed by atoms with Crippen LogP contribution in [0.25, 0.3) is 0 Å². The van der Waals surface area contributed by atoms with Gasteiger partial charge >= 0.3 is 0 Å². The first kappa shape index (κ1) is 10.9. The second-order valence-corrected chi connectivity index (χ2v) is 3.79. The number of piperidine rings is 1. The van der Waals surface area contributed by atoms with Crippen LogP contribution >= 0.6 is 0 Å². The third-order valence-electron chi connectivity index (χ3n) is 2.55. The Morgan fingerprint density at radius 2 is 2.19 bits per heavy atom. The second-order valence-electron chi connectivity index (χ2n) is 3.79. The number of hydrogen-bond donors (Lipinski definition) is 2. The van der Waals surface area contributed by atoms with E-state index in [2.05, 4.69) is 10.3 Å². The van der Waals surface area contributed by atoms with Gasteiger partial charge < -0.3 is 15.8 Å². The van der Waals surface area contributed by atoms with E-state index < -0.39 is 5.91 Å². The normalized spacial score (nSPS) is 17.0. The van der Waals surface area contributed by atoms with Crippen molar-refractivity contribution in [2.45, 2.75) is 18.9 Å². The predicted molar refractivity (Wildman–Crippen MR) is 59.3 cm³/mol. The highest BCUT2D eigenvalue weighted by Gasteiger charge is 2.15. The minimum atomic E-state index is -0.532. The average molecular weight is 221 g/mol. The molecule has 0 aromatic carbocycles. The zero-order valence-corrected chi connectivity index (χ0v) is 8.98. The summed E-state index contributed by atoms with van der Waals surface area (Å²) in [5, 5.41) is 3.26. The first-order chi connectivity index (χ1) is 7.75. The minimum Gasteiger partial charge on any atom is -0.474 e. The number of primary amides is 1. The molecular formula is C11H15N3O2. The van der Waals surface area contributed by atoms with E-state index in [0.717, 1.165) is 25.9 Å². The molecule has 0 saturated carbocycles. The highest BCUT2D eigenvalue weighted by Crippen LogP contribution is 2.14. The van der Waals surface area contributed by atoms with Crippen molar-refractivity contribution in [1.82, 2.24) is 10.3 Å². The molecule has 0 aliphatic carbocycles. The molecule has 1 aromatic heterocycles. The summed E-state index contributed by atoms with van der Waals surface area (Å²) in [5.74, 6) is -0.0565. The van der Waals surface area contributed by atoms with Gasteiger partial charge in [-0.3, -0.25) is 4.79 Å². The van der Waals surface area contributed by atoms with Crippen LogP contribution in [-0.2, 0) is 0 Å². The van der Waals surface area contributed by atoms with Crippen molar-refractivity contribution in [3.8, 4) is 5.88 Å². The standard InChI is InChI=1S/C11H15N3O2/c12-11(15)9-2-1-3-10(14-9)16-8-4-6-13-7-5-8/h1-3,8,13H,4-7H2,(H2,12,15). The van der Waals surface area contributed by atoms with E-state index in [-0.39, 0.29) is 11.8 Å². The van der Waals surface area contributed by atoms with Crippen molar-refractivity contribution in [3.05, 3.63) is 23.9 Å². The molecular weight excluding hydrogens is 206 g/mol. The Hall–Kier alpha value is -1.62. The van der Waals surface area contributed by atoms with Gasteiger partial charge in [-0.15, -0.1) is 0 Å². The maximum absolute atomic E-state index is 10.9. The molecule has 2 heterocycles. The number of ether oxygens (including phenoxy) is 1. The van der Waals surface area contributed by atoms with E-state index >= 15 is 0 Å². The van der Waals surface area contributed by atoms with E-state index in [4.69, 9.17) is 10.5 Å². The van der Waals surface area contributed by atoms with Gasteiger partial charge in [0.2, 0.25) is 5.88 Å². The lowest BCUT2D eigenvalue weighted by Gasteiger charge is -2.23. The topological polar surface area (TPSA) is 77.2 Å². The molecule has 5 heteroatoms. The molecule has 1 aromatic rings. The molecule has 0 bridgehead atoms. The number of nitrogens with two attached hydrogens (primary N) is 1. The Kier molecular flexibility index (Phi) is 3.36. The largest absolute Gasteiger partial charge is 0.474 e. The van der Waals surface area contributed by atoms with E-state index in [1.54, 1.807) is 18.2 Å². The molecule has 2 rings (SSSR count). The number of carbonyl (C=O) groups excluding carboxylic acids is 1. The van der Waals surface area contributed by atoms with Crippen LogP contribution in [0.3, 0.4) is 0 Å². The molecule has 0 spiro atoms. The van der Waals surface area contributed by atoms with Gasteiger partial charge in [0.25, 0.3) is 5.91 Å². The van der Waals surface area contributed by atoms with Crippen LogP contribution < -0.4 is 15.8 Å². The molecule has 1 amide bonds. The Labute approximate surface area is 94.0 Å². The molecule has 3 N–H and O–H groups in total. The number of pyridine rings is 1. The van der Waals surface area contributed by atoms with Crippen molar-refractivity contribution >= 4 is 5.91 Å². The predicted octanol–water partition coefficient (Wildman–Crippen LogP) is 0.311. The number of carbonyl (C=O) groups is 1. The van der Waals surface area contributed by atoms with Gasteiger partial charge in [0.15, 0.2) is 0 Å². The molecule has 1 fully saturated rings. The van der Waals surface area contributed by atoms with Gasteiger partial charge in [-0.2, -0.15) is 0 Å². The number of nitrogens with zero attached hydrogens (tertiary/aromatic N) is 1. The van der Waals surface area contributed by atoms with Gasteiger partial charge in [0.1, 0.15) is 11.8 Å². The number of aromatic nitrogens is 1. The van der Waals surface area contributed by atoms with Gasteiger partial charge in [0.05, 0.1) is 0 Å². The van der Waals surface area contributed by atoms with Crippen LogP contribution in [-0.4, -0.2) is 30.1 Å². The van der Waals surface area contributed by atoms with Crippen molar-refractivity contribution in [2.24, 2.45) is 5.73 Å². The maximum Gasteiger partial charge on any atom is 0.267 e. The summed E-state index contributed by atoms with van der Waals surface area (Å²) < 4.78 is 5.69. The lowest BCUT2D eigenvalue weighted by atomic mass is 10.1. The zero-order valence-electron chi connectivity index (χ0n) is 8.98. The fourth-order valence-corrected chi connectivity index (χ4v) is 1.70. The van der Waals surface area contributed by atoms with E-state index in [9.17, 15) is 4.79 Å². The Morgan fingerprint density at radius 1 is 1.44 bits per heavy atom. The third kappa shape index (κ3) is 2.70. The fraction of sp³-hybridized carbons (Fsp3) is 0.455. The molecule has 16 heavy (non-hydrogen) atoms. The van der Waals surface area contributed by atoms with Gasteiger partial charge in [-0.05, 0) is 32.0 Å². The number of rotatable bonds is 3. The minimum absolute atomic E-state index is 0.178. The summed E-state index contributed by atoms with van der Waals surface area (Å²) in [6.07, 6.45) is 2.10. The second kappa shape index (κ2) is 4.94. The monoisotopic (exact) mass is 221 g/mol. The van der Waals surface area contributed by atoms with Crippen molar-refractivity contribution in [1.29, 1.82) is 0 Å². The van der Waals surface area contributed by atoms with Crippen LogP contribution in [0.1, 0.15) is 23.3 Å². The number of nitrogens with one attached hydrogen (secondary N) is 1. The SMILES string of the molecule is NC(=O)c1cccc(OC2CCNCC2)n1. The Balaban J connectivity index is 2.02. The highest BCUT2D eigenvalue weighted by molar-refractivity contribution is 5.90. The third-order valence-corrected chi connectivity index (χ3v) is 2.55. The smallest absolute Gasteiger partial charge is 0.267 e. The molecule has 0 radical (unpaired) electrons. The summed E-state index contributed by atoms with van der Waals surface area (Å²) in [6, 6.07) is 5.05. The highest BCUT2D eigenvalue weighted by atomic mass is 16.5. The van der Waals surface area contributed by atoms with E-state index in [1.807, 2.05) is 0 Å². The summed E-state index contributed by atoms with van der Waals surface area (Å²) in [4.78, 5) is 15.0. The van der Waals surface area contributed by atoms with Crippen molar-refractivity contribution in [2.75, 3.05) is 13.1 Å². The van der Waals surface area contributed by atoms with Crippen molar-refractivity contribution < 1.29 is 9.53 Å². The van der Waals surface area contributed by atoms with E-state index in [1.165, 1.54) is 0 Å². The van der Waals surface area contributed by atoms with Gasteiger partial charge in [-0.1, -0.05) is 6.07 Å². The van der Waals surface area contributed by atoms with Gasteiger partial charge in [0, 0.05) is 6.07 Å². The maximum atomic E-state index is 10.9. The molecule has 0 unspecified atom stereocenters. The first-order valence-electron chi connectivity index (χ1n) is 5.40. The van der Waals surface area contributed by atoms with Crippen LogP contribution in [0.15, 0.2) is 18.2 Å². The molecule has 86 valence electrons. The van der Waals surface area contributed by atoms with Crippen LogP contribution in [0, 0.1) is 0 Å². The lowest BCUT2D eigenvalue weighted by Crippen LogP contribution is -2.34. The summed E-state index contributed by atoms with van der Waals surface area (Å²) in [6.45, 7) is 1.92. The first-order valence-corrected chi connectivity index (χ1v) is 5.40. The van der Waals surface area contributed by atoms with Gasteiger partial charge in [-0.25, -0.2) is 4.98 Å². The summed E-state index contributed by atoms with van der Waals surface area (Å²) >= 11 is 0. The lowest BCUT2D eigenvalue weighted by molar-refractivity contribution is 0.0992. The number of hydrogen-bond acceptors (Lipinski definition) is 4. The van der Waals surface area contributed by atoms with Crippen LogP contribution in [0.4, 0.5) is 0 Å². The zero-order chi connectivity index (χ0) is 11.4. The molecule has 1 aliphatic heterocycles.